The van der Waals surface area contributed by atoms with Gasteiger partial charge in [-0.05, 0) is 32.3 Å². The van der Waals surface area contributed by atoms with E-state index in [2.05, 4.69) is 15.3 Å². The van der Waals surface area contributed by atoms with Crippen LogP contribution in [0.25, 0.3) is 10.2 Å². The van der Waals surface area contributed by atoms with Gasteiger partial charge in [0.1, 0.15) is 10.7 Å². The molecule has 0 saturated carbocycles. The van der Waals surface area contributed by atoms with E-state index in [1.165, 1.54) is 0 Å². The number of nitrogens with one attached hydrogen (secondary N) is 2. The Balaban J connectivity index is 1.73. The van der Waals surface area contributed by atoms with Crippen molar-refractivity contribution in [1.29, 1.82) is 0 Å². The molecule has 0 amide bonds. The van der Waals surface area contributed by atoms with Crippen molar-refractivity contribution in [2.24, 2.45) is 0 Å². The van der Waals surface area contributed by atoms with Gasteiger partial charge < -0.3 is 15.0 Å². The molecule has 108 valence electrons. The Kier molecular flexibility index (Phi) is 3.87. The van der Waals surface area contributed by atoms with Crippen LogP contribution >= 0.6 is 11.3 Å². The number of thiophene rings is 1. The van der Waals surface area contributed by atoms with Crippen molar-refractivity contribution in [1.82, 2.24) is 15.3 Å². The lowest BCUT2D eigenvalue weighted by atomic mass is 10.2. The Hall–Kier alpha value is -1.24. The molecule has 2 N–H and O–H groups in total. The van der Waals surface area contributed by atoms with Gasteiger partial charge in [-0.2, -0.15) is 0 Å². The van der Waals surface area contributed by atoms with Gasteiger partial charge in [-0.1, -0.05) is 0 Å². The highest BCUT2D eigenvalue weighted by Crippen LogP contribution is 2.25. The number of hydrogen-bond donors (Lipinski definition) is 2. The number of rotatable bonds is 4. The first-order valence-corrected chi connectivity index (χ1v) is 7.78. The summed E-state index contributed by atoms with van der Waals surface area (Å²) in [5.41, 5.74) is 1.00. The lowest BCUT2D eigenvalue weighted by molar-refractivity contribution is 0.110. The fourth-order valence-electron chi connectivity index (χ4n) is 2.54. The number of aromatic nitrogens is 2. The third-order valence-electron chi connectivity index (χ3n) is 3.78. The predicted molar refractivity (Wildman–Crippen MR) is 80.4 cm³/mol. The molecule has 1 aliphatic rings. The van der Waals surface area contributed by atoms with Crippen LogP contribution in [0.15, 0.2) is 4.79 Å². The van der Waals surface area contributed by atoms with E-state index >= 15 is 0 Å². The molecule has 3 heterocycles. The zero-order valence-electron chi connectivity index (χ0n) is 11.8. The summed E-state index contributed by atoms with van der Waals surface area (Å²) in [5.74, 6) is 0.696. The number of hydrogen-bond acceptors (Lipinski definition) is 5. The monoisotopic (exact) mass is 293 g/mol. The van der Waals surface area contributed by atoms with Crippen LogP contribution in [0.3, 0.4) is 0 Å². The number of ether oxygens (including phenoxy) is 1. The van der Waals surface area contributed by atoms with E-state index in [1.54, 1.807) is 11.3 Å². The highest BCUT2D eigenvalue weighted by atomic mass is 32.1. The molecule has 2 aromatic rings. The van der Waals surface area contributed by atoms with Crippen molar-refractivity contribution in [2.75, 3.05) is 13.2 Å². The minimum atomic E-state index is -0.0363. The van der Waals surface area contributed by atoms with Gasteiger partial charge in [-0.3, -0.25) is 4.79 Å². The van der Waals surface area contributed by atoms with Gasteiger partial charge in [0, 0.05) is 18.0 Å². The second kappa shape index (κ2) is 5.63. The number of aryl methyl sites for hydroxylation is 2. The summed E-state index contributed by atoms with van der Waals surface area (Å²) in [4.78, 5) is 21.5. The van der Waals surface area contributed by atoms with Crippen LogP contribution in [0.5, 0.6) is 0 Å². The Morgan fingerprint density at radius 3 is 3.10 bits per heavy atom. The zero-order chi connectivity index (χ0) is 14.1. The molecule has 6 heteroatoms. The molecule has 0 spiro atoms. The maximum absolute atomic E-state index is 12.1. The molecule has 1 aliphatic heterocycles. The van der Waals surface area contributed by atoms with E-state index in [0.29, 0.717) is 18.5 Å². The molecule has 20 heavy (non-hydrogen) atoms. The van der Waals surface area contributed by atoms with Crippen LogP contribution in [0.4, 0.5) is 0 Å². The third kappa shape index (κ3) is 2.63. The SMILES string of the molecule is Cc1sc2nc(CNCC3CCCO3)[nH]c(=O)c2c1C. The Morgan fingerprint density at radius 1 is 1.50 bits per heavy atom. The third-order valence-corrected chi connectivity index (χ3v) is 4.88. The van der Waals surface area contributed by atoms with Gasteiger partial charge in [-0.15, -0.1) is 11.3 Å². The molecule has 1 atom stereocenters. The summed E-state index contributed by atoms with van der Waals surface area (Å²) in [6, 6.07) is 0. The van der Waals surface area contributed by atoms with Crippen LogP contribution in [0.2, 0.25) is 0 Å². The molecule has 5 nitrogen and oxygen atoms in total. The van der Waals surface area contributed by atoms with Gasteiger partial charge in [0.25, 0.3) is 5.56 Å². The second-order valence-electron chi connectivity index (χ2n) is 5.24. The first-order chi connectivity index (χ1) is 9.65. The van der Waals surface area contributed by atoms with Crippen molar-refractivity contribution in [3.63, 3.8) is 0 Å². The van der Waals surface area contributed by atoms with Gasteiger partial charge >= 0.3 is 0 Å². The Bertz CT molecular complexity index is 671. The number of nitrogens with zero attached hydrogens (tertiary/aromatic N) is 1. The van der Waals surface area contributed by atoms with E-state index in [-0.39, 0.29) is 5.56 Å². The summed E-state index contributed by atoms with van der Waals surface area (Å²) in [6.07, 6.45) is 2.55. The molecular formula is C14H19N3O2S. The van der Waals surface area contributed by atoms with E-state index in [9.17, 15) is 4.79 Å². The van der Waals surface area contributed by atoms with Crippen LogP contribution in [0, 0.1) is 13.8 Å². The van der Waals surface area contributed by atoms with Crippen LogP contribution in [-0.4, -0.2) is 29.2 Å². The normalized spacial score (nSPS) is 19.0. The molecule has 0 bridgehead atoms. The fourth-order valence-corrected chi connectivity index (χ4v) is 3.59. The van der Waals surface area contributed by atoms with Crippen molar-refractivity contribution < 1.29 is 4.74 Å². The zero-order valence-corrected chi connectivity index (χ0v) is 12.6. The van der Waals surface area contributed by atoms with Crippen molar-refractivity contribution in [2.45, 2.75) is 39.3 Å². The molecule has 1 fully saturated rings. The minimum absolute atomic E-state index is 0.0363. The molecule has 3 rings (SSSR count). The molecule has 0 aromatic carbocycles. The average molecular weight is 293 g/mol. The van der Waals surface area contributed by atoms with E-state index in [1.807, 2.05) is 13.8 Å². The highest BCUT2D eigenvalue weighted by Gasteiger charge is 2.15. The van der Waals surface area contributed by atoms with E-state index < -0.39 is 0 Å². The van der Waals surface area contributed by atoms with Crippen LogP contribution in [0.1, 0.15) is 29.1 Å². The summed E-state index contributed by atoms with van der Waals surface area (Å²) >= 11 is 1.58. The highest BCUT2D eigenvalue weighted by molar-refractivity contribution is 7.18. The molecule has 0 aliphatic carbocycles. The lowest BCUT2D eigenvalue weighted by Gasteiger charge is -2.10. The maximum atomic E-state index is 12.1. The second-order valence-corrected chi connectivity index (χ2v) is 6.45. The fraction of sp³-hybridized carbons (Fsp3) is 0.571. The summed E-state index contributed by atoms with van der Waals surface area (Å²) in [6.45, 7) is 6.24. The topological polar surface area (TPSA) is 67.0 Å². The maximum Gasteiger partial charge on any atom is 0.259 e. The number of aromatic amines is 1. The molecule has 1 saturated heterocycles. The molecule has 1 unspecified atom stereocenters. The van der Waals surface area contributed by atoms with E-state index in [4.69, 9.17) is 4.74 Å². The van der Waals surface area contributed by atoms with Gasteiger partial charge in [-0.25, -0.2) is 4.98 Å². The Labute approximate surface area is 121 Å². The van der Waals surface area contributed by atoms with Crippen LogP contribution < -0.4 is 10.9 Å². The standard InChI is InChI=1S/C14H19N3O2S/c1-8-9(2)20-14-12(8)13(18)16-11(17-14)7-15-6-10-4-3-5-19-10/h10,15H,3-7H2,1-2H3,(H,16,17,18). The predicted octanol–water partition coefficient (Wildman–Crippen LogP) is 1.87. The van der Waals surface area contributed by atoms with Crippen molar-refractivity contribution in [3.8, 4) is 0 Å². The largest absolute Gasteiger partial charge is 0.377 e. The summed E-state index contributed by atoms with van der Waals surface area (Å²) in [7, 11) is 0. The first-order valence-electron chi connectivity index (χ1n) is 6.96. The van der Waals surface area contributed by atoms with E-state index in [0.717, 1.165) is 46.7 Å². The molecule has 2 aromatic heterocycles. The summed E-state index contributed by atoms with van der Waals surface area (Å²) < 4.78 is 5.55. The molecule has 0 radical (unpaired) electrons. The lowest BCUT2D eigenvalue weighted by Crippen LogP contribution is -2.27. The smallest absolute Gasteiger partial charge is 0.259 e. The average Bonchev–Trinajstić information content (AvgIpc) is 2.99. The van der Waals surface area contributed by atoms with Crippen LogP contribution in [-0.2, 0) is 11.3 Å². The minimum Gasteiger partial charge on any atom is -0.377 e. The van der Waals surface area contributed by atoms with Gasteiger partial charge in [0.05, 0.1) is 18.0 Å². The first kappa shape index (κ1) is 13.7. The summed E-state index contributed by atoms with van der Waals surface area (Å²) in [5, 5.41) is 4.04. The number of H-pyrrole nitrogens is 1. The quantitative estimate of drug-likeness (QED) is 0.903. The number of fused-ring (bicyclic) bond motifs is 1. The Morgan fingerprint density at radius 2 is 2.35 bits per heavy atom. The molecular weight excluding hydrogens is 274 g/mol. The van der Waals surface area contributed by atoms with Crippen molar-refractivity contribution in [3.05, 3.63) is 26.6 Å². The van der Waals surface area contributed by atoms with Gasteiger partial charge in [0.15, 0.2) is 0 Å². The van der Waals surface area contributed by atoms with Gasteiger partial charge in [0.2, 0.25) is 0 Å². The van der Waals surface area contributed by atoms with Crippen molar-refractivity contribution >= 4 is 21.6 Å².